The fourth-order valence-electron chi connectivity index (χ4n) is 2.87. The molecule has 0 fully saturated rings. The molecule has 0 spiro atoms. The Hall–Kier alpha value is -3.39. The van der Waals surface area contributed by atoms with Gasteiger partial charge in [0.05, 0.1) is 11.7 Å². The summed E-state index contributed by atoms with van der Waals surface area (Å²) in [5.74, 6) is 0.862. The minimum absolute atomic E-state index is 0.0340. The van der Waals surface area contributed by atoms with Crippen LogP contribution in [0.4, 0.5) is 20.3 Å². The SMILES string of the molecule is Cc1cc(Cl)cc2c(Nc3cccc(OC(F)F)c3)nc(-c3cnccn3)nc12. The van der Waals surface area contributed by atoms with E-state index in [1.54, 1.807) is 42.9 Å². The molecule has 2 aromatic heterocycles. The van der Waals surface area contributed by atoms with E-state index in [9.17, 15) is 8.78 Å². The molecule has 2 aromatic carbocycles. The van der Waals surface area contributed by atoms with Crippen LogP contribution in [-0.4, -0.2) is 26.5 Å². The van der Waals surface area contributed by atoms with Gasteiger partial charge in [0, 0.05) is 34.6 Å². The Morgan fingerprint density at radius 2 is 1.97 bits per heavy atom. The molecule has 0 saturated heterocycles. The fourth-order valence-corrected chi connectivity index (χ4v) is 3.15. The number of halogens is 3. The largest absolute Gasteiger partial charge is 0.435 e. The molecule has 0 atom stereocenters. The molecule has 0 saturated carbocycles. The lowest BCUT2D eigenvalue weighted by atomic mass is 10.1. The standard InChI is InChI=1S/C20H14ClF2N5O/c1-11-7-12(21)8-15-17(11)27-19(16-10-24-5-6-25-16)28-18(15)26-13-3-2-4-14(9-13)29-20(22)23/h2-10,20H,1H3,(H,26,27,28). The average molecular weight is 414 g/mol. The van der Waals surface area contributed by atoms with Crippen LogP contribution in [0.3, 0.4) is 0 Å². The normalized spacial score (nSPS) is 11.1. The first kappa shape index (κ1) is 18.9. The summed E-state index contributed by atoms with van der Waals surface area (Å²) in [6, 6.07) is 9.77. The summed E-state index contributed by atoms with van der Waals surface area (Å²) >= 11 is 6.23. The van der Waals surface area contributed by atoms with Gasteiger partial charge in [-0.3, -0.25) is 4.98 Å². The third-order valence-corrected chi connectivity index (χ3v) is 4.29. The van der Waals surface area contributed by atoms with E-state index in [-0.39, 0.29) is 5.75 Å². The Kier molecular flexibility index (Phi) is 5.18. The highest BCUT2D eigenvalue weighted by Crippen LogP contribution is 2.31. The van der Waals surface area contributed by atoms with Crippen LogP contribution >= 0.6 is 11.6 Å². The van der Waals surface area contributed by atoms with Gasteiger partial charge in [0.25, 0.3) is 0 Å². The molecule has 0 radical (unpaired) electrons. The second-order valence-electron chi connectivity index (χ2n) is 6.14. The van der Waals surface area contributed by atoms with Crippen LogP contribution in [0.25, 0.3) is 22.4 Å². The zero-order chi connectivity index (χ0) is 20.4. The minimum Gasteiger partial charge on any atom is -0.435 e. The van der Waals surface area contributed by atoms with E-state index in [0.29, 0.717) is 38.9 Å². The first-order valence-electron chi connectivity index (χ1n) is 8.56. The van der Waals surface area contributed by atoms with Crippen LogP contribution in [0.15, 0.2) is 55.0 Å². The Morgan fingerprint density at radius 3 is 2.72 bits per heavy atom. The third kappa shape index (κ3) is 4.22. The summed E-state index contributed by atoms with van der Waals surface area (Å²) in [5, 5.41) is 4.36. The number of nitrogens with zero attached hydrogens (tertiary/aromatic N) is 4. The number of fused-ring (bicyclic) bond motifs is 1. The molecular formula is C20H14ClF2N5O. The zero-order valence-corrected chi connectivity index (χ0v) is 15.9. The summed E-state index contributed by atoms with van der Waals surface area (Å²) in [6.45, 7) is -1.02. The Labute approximate surface area is 169 Å². The lowest BCUT2D eigenvalue weighted by Gasteiger charge is -2.13. The van der Waals surface area contributed by atoms with Gasteiger partial charge in [-0.15, -0.1) is 0 Å². The monoisotopic (exact) mass is 413 g/mol. The molecule has 0 aliphatic rings. The molecule has 0 aliphatic carbocycles. The number of aromatic nitrogens is 4. The van der Waals surface area contributed by atoms with E-state index in [1.807, 2.05) is 6.92 Å². The van der Waals surface area contributed by atoms with E-state index in [0.717, 1.165) is 5.56 Å². The maximum Gasteiger partial charge on any atom is 0.387 e. The van der Waals surface area contributed by atoms with Crippen LogP contribution in [-0.2, 0) is 0 Å². The number of hydrogen-bond donors (Lipinski definition) is 1. The van der Waals surface area contributed by atoms with Gasteiger partial charge in [0.15, 0.2) is 5.82 Å². The second kappa shape index (κ2) is 7.92. The molecule has 6 nitrogen and oxygen atoms in total. The quantitative estimate of drug-likeness (QED) is 0.472. The maximum atomic E-state index is 12.5. The van der Waals surface area contributed by atoms with E-state index in [4.69, 9.17) is 11.6 Å². The lowest BCUT2D eigenvalue weighted by Crippen LogP contribution is -2.03. The number of hydrogen-bond acceptors (Lipinski definition) is 6. The highest BCUT2D eigenvalue weighted by molar-refractivity contribution is 6.31. The van der Waals surface area contributed by atoms with E-state index in [1.165, 1.54) is 12.1 Å². The molecule has 146 valence electrons. The highest BCUT2D eigenvalue weighted by atomic mass is 35.5. The second-order valence-corrected chi connectivity index (χ2v) is 6.57. The number of ether oxygens (including phenoxy) is 1. The number of rotatable bonds is 5. The van der Waals surface area contributed by atoms with Crippen molar-refractivity contribution in [3.8, 4) is 17.3 Å². The molecule has 0 unspecified atom stereocenters. The number of anilines is 2. The Morgan fingerprint density at radius 1 is 1.10 bits per heavy atom. The minimum atomic E-state index is -2.91. The van der Waals surface area contributed by atoms with Crippen molar-refractivity contribution in [3.05, 3.63) is 65.6 Å². The first-order chi connectivity index (χ1) is 14.0. The van der Waals surface area contributed by atoms with Gasteiger partial charge in [-0.1, -0.05) is 17.7 Å². The van der Waals surface area contributed by atoms with Crippen LogP contribution in [0.2, 0.25) is 5.02 Å². The predicted octanol–water partition coefficient (Wildman–Crippen LogP) is 5.39. The zero-order valence-electron chi connectivity index (χ0n) is 15.1. The van der Waals surface area contributed by atoms with Gasteiger partial charge in [0.2, 0.25) is 0 Å². The van der Waals surface area contributed by atoms with Crippen molar-refractivity contribution < 1.29 is 13.5 Å². The molecule has 1 N–H and O–H groups in total. The fraction of sp³-hybridized carbons (Fsp3) is 0.100. The van der Waals surface area contributed by atoms with Crippen molar-refractivity contribution in [2.75, 3.05) is 5.32 Å². The first-order valence-corrected chi connectivity index (χ1v) is 8.93. The summed E-state index contributed by atoms with van der Waals surface area (Å²) in [5.41, 5.74) is 2.57. The van der Waals surface area contributed by atoms with Crippen molar-refractivity contribution in [3.63, 3.8) is 0 Å². The average Bonchev–Trinajstić information content (AvgIpc) is 2.69. The molecular weight excluding hydrogens is 400 g/mol. The van der Waals surface area contributed by atoms with Gasteiger partial charge >= 0.3 is 6.61 Å². The van der Waals surface area contributed by atoms with Crippen LogP contribution in [0.1, 0.15) is 5.56 Å². The van der Waals surface area contributed by atoms with Crippen LogP contribution in [0, 0.1) is 6.92 Å². The molecule has 0 amide bonds. The summed E-state index contributed by atoms with van der Waals surface area (Å²) in [4.78, 5) is 17.5. The lowest BCUT2D eigenvalue weighted by molar-refractivity contribution is -0.0498. The molecule has 0 bridgehead atoms. The van der Waals surface area contributed by atoms with Crippen molar-refractivity contribution >= 4 is 34.0 Å². The smallest absolute Gasteiger partial charge is 0.387 e. The van der Waals surface area contributed by atoms with E-state index >= 15 is 0 Å². The van der Waals surface area contributed by atoms with Gasteiger partial charge in [-0.05, 0) is 36.8 Å². The van der Waals surface area contributed by atoms with Crippen molar-refractivity contribution in [2.45, 2.75) is 13.5 Å². The number of nitrogens with one attached hydrogen (secondary N) is 1. The Bertz CT molecular complexity index is 1170. The van der Waals surface area contributed by atoms with E-state index < -0.39 is 6.61 Å². The molecule has 4 rings (SSSR count). The van der Waals surface area contributed by atoms with Gasteiger partial charge in [-0.2, -0.15) is 8.78 Å². The van der Waals surface area contributed by atoms with Gasteiger partial charge < -0.3 is 10.1 Å². The van der Waals surface area contributed by atoms with Gasteiger partial charge in [-0.25, -0.2) is 15.0 Å². The summed E-state index contributed by atoms with van der Waals surface area (Å²) < 4.78 is 29.5. The summed E-state index contributed by atoms with van der Waals surface area (Å²) in [6.07, 6.45) is 4.67. The molecule has 2 heterocycles. The maximum absolute atomic E-state index is 12.5. The number of alkyl halides is 2. The van der Waals surface area contributed by atoms with Crippen molar-refractivity contribution in [2.24, 2.45) is 0 Å². The van der Waals surface area contributed by atoms with Crippen LogP contribution in [0.5, 0.6) is 5.75 Å². The molecule has 4 aromatic rings. The highest BCUT2D eigenvalue weighted by Gasteiger charge is 2.14. The number of benzene rings is 2. The molecule has 29 heavy (non-hydrogen) atoms. The number of aryl methyl sites for hydroxylation is 1. The predicted molar refractivity (Wildman–Crippen MR) is 107 cm³/mol. The van der Waals surface area contributed by atoms with Crippen LogP contribution < -0.4 is 10.1 Å². The third-order valence-electron chi connectivity index (χ3n) is 4.07. The Balaban J connectivity index is 1.84. The van der Waals surface area contributed by atoms with Crippen molar-refractivity contribution in [1.29, 1.82) is 0 Å². The van der Waals surface area contributed by atoms with E-state index in [2.05, 4.69) is 30.0 Å². The van der Waals surface area contributed by atoms with Crippen molar-refractivity contribution in [1.82, 2.24) is 19.9 Å². The molecule has 9 heteroatoms. The summed E-state index contributed by atoms with van der Waals surface area (Å²) in [7, 11) is 0. The van der Waals surface area contributed by atoms with Gasteiger partial charge in [0.1, 0.15) is 17.3 Å². The topological polar surface area (TPSA) is 72.8 Å². The molecule has 0 aliphatic heterocycles.